The molecular weight excluding hydrogens is 284 g/mol. The van der Waals surface area contributed by atoms with Gasteiger partial charge in [-0.25, -0.2) is 0 Å². The maximum absolute atomic E-state index is 5.73. The van der Waals surface area contributed by atoms with Gasteiger partial charge in [0.1, 0.15) is 0 Å². The van der Waals surface area contributed by atoms with Crippen LogP contribution in [0.3, 0.4) is 0 Å². The van der Waals surface area contributed by atoms with Crippen LogP contribution in [0.4, 0.5) is 6.01 Å². The summed E-state index contributed by atoms with van der Waals surface area (Å²) in [6.07, 6.45) is 1.08. The predicted molar refractivity (Wildman–Crippen MR) is 86.5 cm³/mol. The molecule has 21 heavy (non-hydrogen) atoms. The molecule has 2 N–H and O–H groups in total. The van der Waals surface area contributed by atoms with E-state index in [9.17, 15) is 0 Å². The molecule has 2 rings (SSSR count). The smallest absolute Gasteiger partial charge is 0.316 e. The van der Waals surface area contributed by atoms with Gasteiger partial charge < -0.3 is 15.1 Å². The average Bonchev–Trinajstić information content (AvgIpc) is 3.12. The van der Waals surface area contributed by atoms with Crippen molar-refractivity contribution in [2.75, 3.05) is 11.9 Å². The topological polar surface area (TPSA) is 63.0 Å². The van der Waals surface area contributed by atoms with Crippen molar-refractivity contribution in [3.05, 3.63) is 28.3 Å². The Morgan fingerprint density at radius 3 is 2.71 bits per heavy atom. The molecule has 0 saturated carbocycles. The molecule has 116 valence electrons. The monoisotopic (exact) mass is 308 g/mol. The van der Waals surface area contributed by atoms with Gasteiger partial charge in [-0.2, -0.15) is 0 Å². The molecule has 0 aromatic carbocycles. The maximum atomic E-state index is 5.73. The van der Waals surface area contributed by atoms with Gasteiger partial charge in [0, 0.05) is 4.88 Å². The minimum absolute atomic E-state index is 0.0761. The first-order chi connectivity index (χ1) is 10.1. The standard InChI is InChI=1S/C15H24N4OS/c1-5-8-16-11(4)14-18-19-15(20-14)17-13(10(2)3)12-7-6-9-21-12/h6-7,9-11,13,16H,5,8H2,1-4H3,(H,17,19). The number of aromatic nitrogens is 2. The van der Waals surface area contributed by atoms with Crippen molar-refractivity contribution in [2.45, 2.75) is 46.2 Å². The second-order valence-electron chi connectivity index (χ2n) is 5.50. The van der Waals surface area contributed by atoms with Gasteiger partial charge in [0.05, 0.1) is 12.1 Å². The number of anilines is 1. The van der Waals surface area contributed by atoms with Crippen LogP contribution in [0.1, 0.15) is 57.0 Å². The molecule has 2 aromatic heterocycles. The van der Waals surface area contributed by atoms with Crippen LogP contribution < -0.4 is 10.6 Å². The van der Waals surface area contributed by atoms with E-state index in [0.29, 0.717) is 17.8 Å². The van der Waals surface area contributed by atoms with E-state index < -0.39 is 0 Å². The number of hydrogen-bond donors (Lipinski definition) is 2. The molecule has 0 bridgehead atoms. The highest BCUT2D eigenvalue weighted by Gasteiger charge is 2.20. The summed E-state index contributed by atoms with van der Waals surface area (Å²) < 4.78 is 5.73. The molecule has 0 amide bonds. The third-order valence-electron chi connectivity index (χ3n) is 3.31. The molecule has 0 aliphatic carbocycles. The molecule has 0 aliphatic rings. The van der Waals surface area contributed by atoms with Crippen molar-refractivity contribution < 1.29 is 4.42 Å². The van der Waals surface area contributed by atoms with E-state index in [1.807, 2.05) is 6.92 Å². The Morgan fingerprint density at radius 1 is 1.29 bits per heavy atom. The van der Waals surface area contributed by atoms with Gasteiger partial charge in [0.2, 0.25) is 5.89 Å². The van der Waals surface area contributed by atoms with Gasteiger partial charge >= 0.3 is 6.01 Å². The Kier molecular flexibility index (Phi) is 5.76. The van der Waals surface area contributed by atoms with Crippen LogP contribution >= 0.6 is 11.3 Å². The van der Waals surface area contributed by atoms with Gasteiger partial charge in [-0.1, -0.05) is 31.9 Å². The zero-order chi connectivity index (χ0) is 15.2. The van der Waals surface area contributed by atoms with Crippen LogP contribution in [-0.2, 0) is 0 Å². The minimum atomic E-state index is 0.0761. The normalized spacial score (nSPS) is 14.3. The van der Waals surface area contributed by atoms with Crippen LogP contribution in [-0.4, -0.2) is 16.7 Å². The zero-order valence-electron chi connectivity index (χ0n) is 13.1. The van der Waals surface area contributed by atoms with E-state index in [1.54, 1.807) is 11.3 Å². The molecule has 0 fully saturated rings. The van der Waals surface area contributed by atoms with Crippen molar-refractivity contribution in [2.24, 2.45) is 5.92 Å². The summed E-state index contributed by atoms with van der Waals surface area (Å²) in [6.45, 7) is 9.47. The Balaban J connectivity index is 2.03. The highest BCUT2D eigenvalue weighted by atomic mass is 32.1. The molecule has 2 atom stereocenters. The molecule has 6 heteroatoms. The summed E-state index contributed by atoms with van der Waals surface area (Å²) >= 11 is 1.74. The number of rotatable bonds is 8. The van der Waals surface area contributed by atoms with Crippen molar-refractivity contribution in [3.8, 4) is 0 Å². The van der Waals surface area contributed by atoms with Gasteiger partial charge in [-0.3, -0.25) is 0 Å². The van der Waals surface area contributed by atoms with E-state index in [0.717, 1.165) is 13.0 Å². The van der Waals surface area contributed by atoms with E-state index in [2.05, 4.69) is 59.1 Å². The first-order valence-electron chi connectivity index (χ1n) is 7.48. The molecule has 0 saturated heterocycles. The third-order valence-corrected chi connectivity index (χ3v) is 4.26. The molecule has 2 heterocycles. The fourth-order valence-electron chi connectivity index (χ4n) is 2.08. The Bertz CT molecular complexity index is 524. The van der Waals surface area contributed by atoms with Gasteiger partial charge in [-0.05, 0) is 37.3 Å². The van der Waals surface area contributed by atoms with E-state index in [4.69, 9.17) is 4.42 Å². The summed E-state index contributed by atoms with van der Waals surface area (Å²) in [6, 6.07) is 4.95. The van der Waals surface area contributed by atoms with E-state index >= 15 is 0 Å². The number of nitrogens with one attached hydrogen (secondary N) is 2. The van der Waals surface area contributed by atoms with Gasteiger partial charge in [0.25, 0.3) is 0 Å². The summed E-state index contributed by atoms with van der Waals surface area (Å²) in [5.74, 6) is 1.06. The lowest BCUT2D eigenvalue weighted by atomic mass is 10.0. The summed E-state index contributed by atoms with van der Waals surface area (Å²) in [7, 11) is 0. The second kappa shape index (κ2) is 7.56. The highest BCUT2D eigenvalue weighted by Crippen LogP contribution is 2.29. The lowest BCUT2D eigenvalue weighted by Crippen LogP contribution is -2.19. The molecular formula is C15H24N4OS. The van der Waals surface area contributed by atoms with Gasteiger partial charge in [-0.15, -0.1) is 16.4 Å². The molecule has 0 radical (unpaired) electrons. The first kappa shape index (κ1) is 16.0. The van der Waals surface area contributed by atoms with E-state index in [-0.39, 0.29) is 12.1 Å². The SMILES string of the molecule is CCCNC(C)c1nnc(NC(c2cccs2)C(C)C)o1. The summed E-state index contributed by atoms with van der Waals surface area (Å²) in [4.78, 5) is 1.28. The van der Waals surface area contributed by atoms with Crippen molar-refractivity contribution in [3.63, 3.8) is 0 Å². The maximum Gasteiger partial charge on any atom is 0.316 e. The fraction of sp³-hybridized carbons (Fsp3) is 0.600. The third kappa shape index (κ3) is 4.28. The zero-order valence-corrected chi connectivity index (χ0v) is 13.9. The van der Waals surface area contributed by atoms with Crippen LogP contribution in [0.2, 0.25) is 0 Å². The lowest BCUT2D eigenvalue weighted by molar-refractivity contribution is 0.417. The van der Waals surface area contributed by atoms with Crippen molar-refractivity contribution in [1.82, 2.24) is 15.5 Å². The Hall–Kier alpha value is -1.40. The number of hydrogen-bond acceptors (Lipinski definition) is 6. The first-order valence-corrected chi connectivity index (χ1v) is 8.36. The second-order valence-corrected chi connectivity index (χ2v) is 6.48. The average molecular weight is 308 g/mol. The molecule has 5 nitrogen and oxygen atoms in total. The van der Waals surface area contributed by atoms with Crippen LogP contribution in [0.15, 0.2) is 21.9 Å². The highest BCUT2D eigenvalue weighted by molar-refractivity contribution is 7.10. The Morgan fingerprint density at radius 2 is 2.10 bits per heavy atom. The minimum Gasteiger partial charge on any atom is -0.406 e. The van der Waals surface area contributed by atoms with Crippen molar-refractivity contribution in [1.29, 1.82) is 0 Å². The van der Waals surface area contributed by atoms with Crippen LogP contribution in [0.5, 0.6) is 0 Å². The molecule has 2 aromatic rings. The summed E-state index contributed by atoms with van der Waals surface area (Å²) in [5.41, 5.74) is 0. The largest absolute Gasteiger partial charge is 0.406 e. The fourth-order valence-corrected chi connectivity index (χ4v) is 3.03. The Labute approximate surface area is 130 Å². The molecule has 0 aliphatic heterocycles. The number of thiophene rings is 1. The lowest BCUT2D eigenvalue weighted by Gasteiger charge is -2.19. The quantitative estimate of drug-likeness (QED) is 0.771. The van der Waals surface area contributed by atoms with Crippen LogP contribution in [0, 0.1) is 5.92 Å². The molecule has 0 spiro atoms. The summed E-state index contributed by atoms with van der Waals surface area (Å²) in [5, 5.41) is 17.0. The number of nitrogens with zero attached hydrogens (tertiary/aromatic N) is 2. The predicted octanol–water partition coefficient (Wildman–Crippen LogP) is 4.00. The van der Waals surface area contributed by atoms with E-state index in [1.165, 1.54) is 4.88 Å². The molecule has 2 unspecified atom stereocenters. The van der Waals surface area contributed by atoms with Crippen molar-refractivity contribution >= 4 is 17.4 Å². The van der Waals surface area contributed by atoms with Gasteiger partial charge in [0.15, 0.2) is 0 Å². The van der Waals surface area contributed by atoms with Crippen LogP contribution in [0.25, 0.3) is 0 Å².